The van der Waals surface area contributed by atoms with Gasteiger partial charge >= 0.3 is 6.09 Å². The number of carbonyl (C=O) groups excluding carboxylic acids is 1. The molecule has 0 spiro atoms. The molecule has 0 unspecified atom stereocenters. The van der Waals surface area contributed by atoms with Crippen molar-refractivity contribution in [3.8, 4) is 0 Å². The molecule has 2 N–H and O–H groups in total. The van der Waals surface area contributed by atoms with Crippen molar-refractivity contribution in [1.29, 1.82) is 0 Å². The van der Waals surface area contributed by atoms with Gasteiger partial charge in [-0.15, -0.1) is 0 Å². The van der Waals surface area contributed by atoms with E-state index in [4.69, 9.17) is 4.74 Å². The minimum Gasteiger partial charge on any atom is -0.444 e. The van der Waals surface area contributed by atoms with Crippen LogP contribution in [0, 0.1) is 0 Å². The van der Waals surface area contributed by atoms with E-state index in [1.165, 1.54) is 0 Å². The molecule has 0 radical (unpaired) electrons. The maximum atomic E-state index is 11.2. The third kappa shape index (κ3) is 12.0. The molecule has 0 aliphatic rings. The van der Waals surface area contributed by atoms with Crippen molar-refractivity contribution < 1.29 is 9.53 Å². The first kappa shape index (κ1) is 15.9. The van der Waals surface area contributed by atoms with Gasteiger partial charge in [0, 0.05) is 24.6 Å². The van der Waals surface area contributed by atoms with Crippen LogP contribution in [-0.2, 0) is 4.74 Å². The fourth-order valence-electron chi connectivity index (χ4n) is 0.771. The molecular formula is C10H22N2O2S2. The third-order valence-electron chi connectivity index (χ3n) is 1.37. The first-order chi connectivity index (χ1) is 7.45. The molecule has 96 valence electrons. The van der Waals surface area contributed by atoms with E-state index in [1.54, 1.807) is 21.6 Å². The molecule has 6 heteroatoms. The molecule has 0 aliphatic heterocycles. The predicted molar refractivity (Wildman–Crippen MR) is 73.1 cm³/mol. The minimum atomic E-state index is -0.418. The van der Waals surface area contributed by atoms with Gasteiger partial charge in [0.1, 0.15) is 5.60 Å². The zero-order valence-corrected chi connectivity index (χ0v) is 12.1. The molecule has 0 aromatic rings. The van der Waals surface area contributed by atoms with Gasteiger partial charge in [-0.3, -0.25) is 0 Å². The molecule has 0 saturated carbocycles. The fourth-order valence-corrected chi connectivity index (χ4v) is 2.69. The summed E-state index contributed by atoms with van der Waals surface area (Å²) in [4.78, 5) is 11.2. The number of hydrogen-bond acceptors (Lipinski definition) is 5. The predicted octanol–water partition coefficient (Wildman–Crippen LogP) is 2.11. The van der Waals surface area contributed by atoms with Crippen LogP contribution in [-0.4, -0.2) is 43.3 Å². The van der Waals surface area contributed by atoms with Crippen LogP contribution in [0.15, 0.2) is 0 Å². The largest absolute Gasteiger partial charge is 0.444 e. The molecule has 0 aromatic carbocycles. The molecule has 4 nitrogen and oxygen atoms in total. The number of ether oxygens (including phenoxy) is 1. The van der Waals surface area contributed by atoms with Gasteiger partial charge in [0.25, 0.3) is 0 Å². The number of alkyl carbamates (subject to hydrolysis) is 1. The summed E-state index contributed by atoms with van der Waals surface area (Å²) in [5, 5.41) is 5.80. The number of carbonyl (C=O) groups is 1. The smallest absolute Gasteiger partial charge is 0.407 e. The first-order valence-electron chi connectivity index (χ1n) is 5.31. The quantitative estimate of drug-likeness (QED) is 0.546. The minimum absolute atomic E-state index is 0.340. The Balaban J connectivity index is 3.28. The summed E-state index contributed by atoms with van der Waals surface area (Å²) < 4.78 is 5.11. The maximum absolute atomic E-state index is 11.2. The van der Waals surface area contributed by atoms with Crippen LogP contribution < -0.4 is 10.6 Å². The molecule has 0 aliphatic carbocycles. The summed E-state index contributed by atoms with van der Waals surface area (Å²) in [7, 11) is 5.50. The average molecular weight is 266 g/mol. The normalized spacial score (nSPS) is 11.2. The average Bonchev–Trinajstić information content (AvgIpc) is 2.13. The fraction of sp³-hybridized carbons (Fsp3) is 0.900. The molecule has 0 atom stereocenters. The van der Waals surface area contributed by atoms with Crippen molar-refractivity contribution in [2.45, 2.75) is 26.4 Å². The summed E-state index contributed by atoms with van der Waals surface area (Å²) in [5.74, 6) is 1.97. The second kappa shape index (κ2) is 9.01. The van der Waals surface area contributed by atoms with Crippen molar-refractivity contribution >= 4 is 27.7 Å². The van der Waals surface area contributed by atoms with Crippen molar-refractivity contribution in [3.63, 3.8) is 0 Å². The molecule has 0 aromatic heterocycles. The molecule has 0 saturated heterocycles. The van der Waals surface area contributed by atoms with Gasteiger partial charge in [0.2, 0.25) is 0 Å². The van der Waals surface area contributed by atoms with Gasteiger partial charge < -0.3 is 15.4 Å². The van der Waals surface area contributed by atoms with Crippen LogP contribution in [0.2, 0.25) is 0 Å². The Bertz CT molecular complexity index is 196. The Labute approximate surface area is 106 Å². The summed E-state index contributed by atoms with van der Waals surface area (Å²) in [5.41, 5.74) is -0.418. The van der Waals surface area contributed by atoms with E-state index in [1.807, 2.05) is 27.8 Å². The molecule has 0 rings (SSSR count). The summed E-state index contributed by atoms with van der Waals surface area (Å²) in [6, 6.07) is 0. The second-order valence-electron chi connectivity index (χ2n) is 4.18. The number of nitrogens with one attached hydrogen (secondary N) is 2. The van der Waals surface area contributed by atoms with Crippen molar-refractivity contribution in [2.75, 3.05) is 31.6 Å². The Morgan fingerprint density at radius 2 is 1.75 bits per heavy atom. The Kier molecular flexibility index (Phi) is 8.97. The van der Waals surface area contributed by atoms with E-state index in [2.05, 4.69) is 10.6 Å². The molecule has 0 bridgehead atoms. The highest BCUT2D eigenvalue weighted by Gasteiger charge is 2.15. The van der Waals surface area contributed by atoms with Crippen LogP contribution >= 0.6 is 21.6 Å². The maximum Gasteiger partial charge on any atom is 0.407 e. The topological polar surface area (TPSA) is 50.4 Å². The van der Waals surface area contributed by atoms with Gasteiger partial charge in [-0.25, -0.2) is 4.79 Å². The lowest BCUT2D eigenvalue weighted by Gasteiger charge is -2.19. The van der Waals surface area contributed by atoms with Gasteiger partial charge in [-0.05, 0) is 27.8 Å². The first-order valence-corrected chi connectivity index (χ1v) is 7.80. The van der Waals surface area contributed by atoms with Crippen LogP contribution in [0.25, 0.3) is 0 Å². The van der Waals surface area contributed by atoms with Crippen molar-refractivity contribution in [2.24, 2.45) is 0 Å². The zero-order chi connectivity index (χ0) is 12.4. The molecule has 0 fully saturated rings. The van der Waals surface area contributed by atoms with E-state index in [0.29, 0.717) is 6.54 Å². The molecule has 16 heavy (non-hydrogen) atoms. The standard InChI is InChI=1S/C10H22N2O2S2/c1-10(2,3)14-9(13)12-6-8-16-15-7-5-11-4/h11H,5-8H2,1-4H3,(H,12,13). The lowest BCUT2D eigenvalue weighted by molar-refractivity contribution is 0.0531. The Morgan fingerprint density at radius 3 is 2.25 bits per heavy atom. The number of amides is 1. The van der Waals surface area contributed by atoms with E-state index in [0.717, 1.165) is 18.1 Å². The van der Waals surface area contributed by atoms with Crippen LogP contribution in [0.4, 0.5) is 4.79 Å². The Hall–Kier alpha value is -0.0700. The third-order valence-corrected chi connectivity index (χ3v) is 3.78. The van der Waals surface area contributed by atoms with Gasteiger partial charge in [-0.2, -0.15) is 0 Å². The van der Waals surface area contributed by atoms with Gasteiger partial charge in [0.05, 0.1) is 0 Å². The van der Waals surface area contributed by atoms with Crippen LogP contribution in [0.5, 0.6) is 0 Å². The van der Waals surface area contributed by atoms with Gasteiger partial charge in [0.15, 0.2) is 0 Å². The van der Waals surface area contributed by atoms with E-state index in [-0.39, 0.29) is 6.09 Å². The van der Waals surface area contributed by atoms with Crippen molar-refractivity contribution in [1.82, 2.24) is 10.6 Å². The monoisotopic (exact) mass is 266 g/mol. The highest BCUT2D eigenvalue weighted by Crippen LogP contribution is 2.19. The summed E-state index contributed by atoms with van der Waals surface area (Å²) in [6.07, 6.45) is -0.340. The SMILES string of the molecule is CNCCSSCCNC(=O)OC(C)(C)C. The second-order valence-corrected chi connectivity index (χ2v) is 6.88. The van der Waals surface area contributed by atoms with E-state index >= 15 is 0 Å². The van der Waals surface area contributed by atoms with E-state index in [9.17, 15) is 4.79 Å². The van der Waals surface area contributed by atoms with Crippen molar-refractivity contribution in [3.05, 3.63) is 0 Å². The molecule has 0 heterocycles. The highest BCUT2D eigenvalue weighted by molar-refractivity contribution is 8.76. The highest BCUT2D eigenvalue weighted by atomic mass is 33.1. The molecule has 1 amide bonds. The summed E-state index contributed by atoms with van der Waals surface area (Å²) in [6.45, 7) is 7.22. The molecular weight excluding hydrogens is 244 g/mol. The zero-order valence-electron chi connectivity index (χ0n) is 10.5. The lowest BCUT2D eigenvalue weighted by Crippen LogP contribution is -2.33. The summed E-state index contributed by atoms with van der Waals surface area (Å²) >= 11 is 0. The number of hydrogen-bond donors (Lipinski definition) is 2. The van der Waals surface area contributed by atoms with E-state index < -0.39 is 5.60 Å². The van der Waals surface area contributed by atoms with Crippen LogP contribution in [0.1, 0.15) is 20.8 Å². The van der Waals surface area contributed by atoms with Crippen LogP contribution in [0.3, 0.4) is 0 Å². The Morgan fingerprint density at radius 1 is 1.19 bits per heavy atom. The van der Waals surface area contributed by atoms with Gasteiger partial charge in [-0.1, -0.05) is 21.6 Å². The lowest BCUT2D eigenvalue weighted by atomic mass is 10.2. The number of rotatable bonds is 7.